The van der Waals surface area contributed by atoms with Crippen LogP contribution < -0.4 is 10.5 Å². The van der Waals surface area contributed by atoms with Crippen molar-refractivity contribution in [2.24, 2.45) is 5.14 Å². The van der Waals surface area contributed by atoms with Crippen LogP contribution in [0, 0.1) is 13.8 Å². The molecule has 0 aromatic heterocycles. The van der Waals surface area contributed by atoms with Crippen LogP contribution in [0.1, 0.15) is 29.5 Å². The molecule has 20 heavy (non-hydrogen) atoms. The normalized spacial score (nSPS) is 16.8. The predicted octanol–water partition coefficient (Wildman–Crippen LogP) is 0.740. The van der Waals surface area contributed by atoms with E-state index in [0.717, 1.165) is 29.5 Å². The van der Waals surface area contributed by atoms with E-state index in [1.165, 1.54) is 0 Å². The van der Waals surface area contributed by atoms with E-state index >= 15 is 0 Å². The summed E-state index contributed by atoms with van der Waals surface area (Å²) in [5.74, 6) is -0.340. The van der Waals surface area contributed by atoms with Gasteiger partial charge >= 0.3 is 0 Å². The van der Waals surface area contributed by atoms with Gasteiger partial charge in [0.2, 0.25) is 15.9 Å². The number of sulfonamides is 1. The molecule has 110 valence electrons. The average molecular weight is 296 g/mol. The minimum Gasteiger partial charge on any atom is -0.354 e. The molecule has 1 aliphatic rings. The zero-order valence-corrected chi connectivity index (χ0v) is 12.6. The molecule has 1 amide bonds. The molecule has 1 saturated carbocycles. The van der Waals surface area contributed by atoms with Gasteiger partial charge in [0.15, 0.2) is 0 Å². The van der Waals surface area contributed by atoms with Crippen LogP contribution in [0.2, 0.25) is 0 Å². The van der Waals surface area contributed by atoms with E-state index in [2.05, 4.69) is 11.4 Å². The number of aryl methyl sites for hydroxylation is 2. The first-order valence-electron chi connectivity index (χ1n) is 6.60. The Morgan fingerprint density at radius 2 is 1.80 bits per heavy atom. The van der Waals surface area contributed by atoms with Gasteiger partial charge in [0.25, 0.3) is 0 Å². The fraction of sp³-hybridized carbons (Fsp3) is 0.500. The molecule has 3 N–H and O–H groups in total. The van der Waals surface area contributed by atoms with Crippen molar-refractivity contribution in [2.75, 3.05) is 12.3 Å². The first-order chi connectivity index (χ1) is 9.23. The van der Waals surface area contributed by atoms with E-state index in [0.29, 0.717) is 0 Å². The van der Waals surface area contributed by atoms with Crippen LogP contribution in [0.5, 0.6) is 0 Å². The maximum Gasteiger partial charge on any atom is 0.230 e. The first-order valence-corrected chi connectivity index (χ1v) is 8.32. The summed E-state index contributed by atoms with van der Waals surface area (Å²) in [4.78, 5) is 12.3. The molecule has 0 saturated heterocycles. The lowest BCUT2D eigenvalue weighted by Gasteiger charge is -2.17. The first kappa shape index (κ1) is 15.0. The van der Waals surface area contributed by atoms with Gasteiger partial charge in [-0.3, -0.25) is 4.79 Å². The highest BCUT2D eigenvalue weighted by Gasteiger charge is 2.51. The highest BCUT2D eigenvalue weighted by Crippen LogP contribution is 2.48. The number of rotatable bonds is 5. The molecular formula is C14H20N2O3S. The molecule has 1 fully saturated rings. The number of carbonyl (C=O) groups excluding carboxylic acids is 1. The van der Waals surface area contributed by atoms with E-state index in [9.17, 15) is 13.2 Å². The van der Waals surface area contributed by atoms with Crippen molar-refractivity contribution in [3.63, 3.8) is 0 Å². The molecule has 1 aromatic rings. The Morgan fingerprint density at radius 3 is 2.25 bits per heavy atom. The van der Waals surface area contributed by atoms with Crippen molar-refractivity contribution in [2.45, 2.75) is 32.1 Å². The maximum atomic E-state index is 12.3. The van der Waals surface area contributed by atoms with Crippen molar-refractivity contribution in [3.8, 4) is 0 Å². The Morgan fingerprint density at radius 1 is 1.25 bits per heavy atom. The Balaban J connectivity index is 2.09. The summed E-state index contributed by atoms with van der Waals surface area (Å²) in [6, 6.07) is 6.12. The van der Waals surface area contributed by atoms with Gasteiger partial charge < -0.3 is 5.32 Å². The number of nitrogens with one attached hydrogen (secondary N) is 1. The van der Waals surface area contributed by atoms with E-state index in [1.807, 2.05) is 26.0 Å². The quantitative estimate of drug-likeness (QED) is 0.840. The molecule has 0 bridgehead atoms. The Bertz CT molecular complexity index is 614. The molecule has 2 rings (SSSR count). The molecule has 0 radical (unpaired) electrons. The Kier molecular flexibility index (Phi) is 3.88. The molecule has 0 spiro atoms. The van der Waals surface area contributed by atoms with Gasteiger partial charge in [0.1, 0.15) is 0 Å². The minimum atomic E-state index is -3.54. The Labute approximate surface area is 119 Å². The Hall–Kier alpha value is -1.40. The summed E-state index contributed by atoms with van der Waals surface area (Å²) < 4.78 is 21.7. The molecule has 0 aliphatic heterocycles. The zero-order chi connectivity index (χ0) is 15.0. The van der Waals surface area contributed by atoms with Crippen LogP contribution in [-0.2, 0) is 20.2 Å². The van der Waals surface area contributed by atoms with Gasteiger partial charge in [-0.05, 0) is 32.3 Å². The predicted molar refractivity (Wildman–Crippen MR) is 77.8 cm³/mol. The standard InChI is InChI=1S/C14H20N2O3S/c1-10-7-11(2)9-12(8-10)14(3-4-14)13(17)16-5-6-20(15,18)19/h7-9H,3-6H2,1-2H3,(H,16,17)(H2,15,18,19). The van der Waals surface area contributed by atoms with Crippen molar-refractivity contribution < 1.29 is 13.2 Å². The largest absolute Gasteiger partial charge is 0.354 e. The second-order valence-electron chi connectivity index (χ2n) is 5.58. The topological polar surface area (TPSA) is 89.3 Å². The zero-order valence-electron chi connectivity index (χ0n) is 11.8. The lowest BCUT2D eigenvalue weighted by Crippen LogP contribution is -2.38. The molecule has 1 aliphatic carbocycles. The van der Waals surface area contributed by atoms with Crippen molar-refractivity contribution >= 4 is 15.9 Å². The summed E-state index contributed by atoms with van der Waals surface area (Å²) >= 11 is 0. The van der Waals surface area contributed by atoms with Gasteiger partial charge in [0.05, 0.1) is 11.2 Å². The highest BCUT2D eigenvalue weighted by molar-refractivity contribution is 7.89. The molecule has 5 nitrogen and oxygen atoms in total. The molecule has 0 unspecified atom stereocenters. The number of hydrogen-bond donors (Lipinski definition) is 2. The number of hydrogen-bond acceptors (Lipinski definition) is 3. The molecule has 0 heterocycles. The second kappa shape index (κ2) is 5.18. The SMILES string of the molecule is Cc1cc(C)cc(C2(C(=O)NCCS(N)(=O)=O)CC2)c1. The number of amides is 1. The summed E-state index contributed by atoms with van der Waals surface area (Å²) in [5.41, 5.74) is 2.80. The monoisotopic (exact) mass is 296 g/mol. The molecule has 6 heteroatoms. The lowest BCUT2D eigenvalue weighted by molar-refractivity contribution is -0.123. The van der Waals surface area contributed by atoms with Crippen LogP contribution in [-0.4, -0.2) is 26.6 Å². The fourth-order valence-electron chi connectivity index (χ4n) is 2.50. The van der Waals surface area contributed by atoms with Crippen LogP contribution in [0.4, 0.5) is 0 Å². The van der Waals surface area contributed by atoms with Gasteiger partial charge in [-0.2, -0.15) is 0 Å². The van der Waals surface area contributed by atoms with E-state index < -0.39 is 15.4 Å². The van der Waals surface area contributed by atoms with Crippen LogP contribution >= 0.6 is 0 Å². The van der Waals surface area contributed by atoms with Crippen LogP contribution in [0.15, 0.2) is 18.2 Å². The van der Waals surface area contributed by atoms with Gasteiger partial charge in [0, 0.05) is 6.54 Å². The summed E-state index contributed by atoms with van der Waals surface area (Å²) in [7, 11) is -3.54. The van der Waals surface area contributed by atoms with Gasteiger partial charge in [-0.1, -0.05) is 29.3 Å². The minimum absolute atomic E-state index is 0.0597. The molecule has 0 atom stereocenters. The van der Waals surface area contributed by atoms with E-state index in [1.54, 1.807) is 0 Å². The molecule has 1 aromatic carbocycles. The maximum absolute atomic E-state index is 12.3. The number of benzene rings is 1. The second-order valence-corrected chi connectivity index (χ2v) is 7.32. The number of nitrogens with two attached hydrogens (primary N) is 1. The van der Waals surface area contributed by atoms with Crippen LogP contribution in [0.3, 0.4) is 0 Å². The third-order valence-electron chi connectivity index (χ3n) is 3.63. The number of carbonyl (C=O) groups is 1. The van der Waals surface area contributed by atoms with E-state index in [-0.39, 0.29) is 18.2 Å². The average Bonchev–Trinajstić information content (AvgIpc) is 3.06. The summed E-state index contributed by atoms with van der Waals surface area (Å²) in [5, 5.41) is 7.60. The molecular weight excluding hydrogens is 276 g/mol. The third-order valence-corrected chi connectivity index (χ3v) is 4.40. The van der Waals surface area contributed by atoms with Gasteiger partial charge in [-0.15, -0.1) is 0 Å². The van der Waals surface area contributed by atoms with Gasteiger partial charge in [-0.25, -0.2) is 13.6 Å². The third kappa shape index (κ3) is 3.37. The highest BCUT2D eigenvalue weighted by atomic mass is 32.2. The van der Waals surface area contributed by atoms with Crippen molar-refractivity contribution in [1.29, 1.82) is 0 Å². The summed E-state index contributed by atoms with van der Waals surface area (Å²) in [6.07, 6.45) is 1.61. The summed E-state index contributed by atoms with van der Waals surface area (Å²) in [6.45, 7) is 4.07. The lowest BCUT2D eigenvalue weighted by atomic mass is 9.92. The van der Waals surface area contributed by atoms with E-state index in [4.69, 9.17) is 5.14 Å². The van der Waals surface area contributed by atoms with Crippen LogP contribution in [0.25, 0.3) is 0 Å². The fourth-order valence-corrected chi connectivity index (χ4v) is 2.89. The van der Waals surface area contributed by atoms with Crippen molar-refractivity contribution in [3.05, 3.63) is 34.9 Å². The smallest absolute Gasteiger partial charge is 0.230 e. The van der Waals surface area contributed by atoms with Crippen molar-refractivity contribution in [1.82, 2.24) is 5.32 Å². The number of primary sulfonamides is 1.